The first-order valence-corrected chi connectivity index (χ1v) is 10.5. The third kappa shape index (κ3) is 4.01. The lowest BCUT2D eigenvalue weighted by Crippen LogP contribution is -2.52. The van der Waals surface area contributed by atoms with Gasteiger partial charge in [0.2, 0.25) is 0 Å². The number of H-pyrrole nitrogens is 1. The zero-order chi connectivity index (χ0) is 18.6. The smallest absolute Gasteiger partial charge is 0.317 e. The van der Waals surface area contributed by atoms with E-state index in [9.17, 15) is 4.79 Å². The van der Waals surface area contributed by atoms with Crippen molar-refractivity contribution >= 4 is 28.3 Å². The van der Waals surface area contributed by atoms with E-state index in [0.29, 0.717) is 12.6 Å². The topological polar surface area (TPSA) is 51.4 Å². The molecule has 2 N–H and O–H groups in total. The van der Waals surface area contributed by atoms with Gasteiger partial charge in [-0.1, -0.05) is 12.1 Å². The molecule has 1 fully saturated rings. The number of carbonyl (C=O) groups excluding carboxylic acids is 1. The predicted molar refractivity (Wildman–Crippen MR) is 111 cm³/mol. The summed E-state index contributed by atoms with van der Waals surface area (Å²) in [4.78, 5) is 20.1. The first kappa shape index (κ1) is 18.1. The Morgan fingerprint density at radius 2 is 2.07 bits per heavy atom. The second-order valence-corrected chi connectivity index (χ2v) is 7.87. The molecule has 3 heterocycles. The number of rotatable bonds is 5. The Balaban J connectivity index is 1.24. The van der Waals surface area contributed by atoms with Crippen LogP contribution in [0.1, 0.15) is 24.1 Å². The van der Waals surface area contributed by atoms with Crippen molar-refractivity contribution in [2.75, 3.05) is 32.7 Å². The van der Waals surface area contributed by atoms with E-state index < -0.39 is 0 Å². The van der Waals surface area contributed by atoms with Gasteiger partial charge in [0.05, 0.1) is 0 Å². The van der Waals surface area contributed by atoms with Gasteiger partial charge in [-0.15, -0.1) is 0 Å². The average molecular weight is 383 g/mol. The fourth-order valence-corrected chi connectivity index (χ4v) is 4.57. The number of thiophene rings is 1. The fourth-order valence-electron chi connectivity index (χ4n) is 3.82. The van der Waals surface area contributed by atoms with Crippen molar-refractivity contribution in [1.82, 2.24) is 20.1 Å². The van der Waals surface area contributed by atoms with Crippen molar-refractivity contribution in [2.24, 2.45) is 0 Å². The summed E-state index contributed by atoms with van der Waals surface area (Å²) in [5.41, 5.74) is 3.79. The molecule has 2 amide bonds. The van der Waals surface area contributed by atoms with Gasteiger partial charge in [0.25, 0.3) is 0 Å². The molecule has 1 aliphatic rings. The number of aromatic amines is 1. The quantitative estimate of drug-likeness (QED) is 0.704. The first-order chi connectivity index (χ1) is 13.2. The van der Waals surface area contributed by atoms with Crippen LogP contribution in [-0.4, -0.2) is 53.5 Å². The Hall–Kier alpha value is -2.31. The van der Waals surface area contributed by atoms with Gasteiger partial charge in [-0.05, 0) is 53.4 Å². The van der Waals surface area contributed by atoms with Crippen LogP contribution < -0.4 is 5.32 Å². The molecule has 0 saturated carbocycles. The molecule has 0 bridgehead atoms. The van der Waals surface area contributed by atoms with Crippen molar-refractivity contribution in [3.8, 4) is 0 Å². The minimum absolute atomic E-state index is 0.0547. The van der Waals surface area contributed by atoms with Crippen LogP contribution in [-0.2, 0) is 6.42 Å². The summed E-state index contributed by atoms with van der Waals surface area (Å²) >= 11 is 1.74. The van der Waals surface area contributed by atoms with E-state index in [-0.39, 0.29) is 6.03 Å². The van der Waals surface area contributed by atoms with Gasteiger partial charge in [-0.25, -0.2) is 4.79 Å². The summed E-state index contributed by atoms with van der Waals surface area (Å²) in [5, 5.41) is 8.67. The number of hydrogen-bond acceptors (Lipinski definition) is 3. The zero-order valence-electron chi connectivity index (χ0n) is 15.6. The Bertz CT molecular complexity index is 881. The molecule has 0 radical (unpaired) electrons. The van der Waals surface area contributed by atoms with Gasteiger partial charge < -0.3 is 15.2 Å². The number of aromatic nitrogens is 1. The highest BCUT2D eigenvalue weighted by Crippen LogP contribution is 2.23. The van der Waals surface area contributed by atoms with Crippen molar-refractivity contribution in [3.05, 3.63) is 58.4 Å². The molecule has 1 saturated heterocycles. The van der Waals surface area contributed by atoms with Crippen LogP contribution in [0.3, 0.4) is 0 Å². The van der Waals surface area contributed by atoms with Crippen molar-refractivity contribution in [3.63, 3.8) is 0 Å². The molecule has 6 heteroatoms. The lowest BCUT2D eigenvalue weighted by Gasteiger charge is -2.37. The van der Waals surface area contributed by atoms with Crippen molar-refractivity contribution in [1.29, 1.82) is 0 Å². The molecule has 0 aliphatic carbocycles. The molecule has 1 atom stereocenters. The standard InChI is InChI=1S/C21H26N4OS/c1-16(18-7-14-27-15-18)24-10-12-25(13-11-24)21(26)23-8-5-17-3-2-4-20-19(17)6-9-22-20/h2-4,6-7,9,14-16,22H,5,8,10-13H2,1H3,(H,23,26). The molecule has 1 unspecified atom stereocenters. The van der Waals surface area contributed by atoms with Crippen molar-refractivity contribution < 1.29 is 4.79 Å². The third-order valence-corrected chi connectivity index (χ3v) is 6.23. The second-order valence-electron chi connectivity index (χ2n) is 7.09. The maximum atomic E-state index is 12.5. The Kier molecular flexibility index (Phi) is 5.45. The fraction of sp³-hybridized carbons (Fsp3) is 0.381. The normalized spacial score (nSPS) is 16.6. The van der Waals surface area contributed by atoms with Gasteiger partial charge in [-0.3, -0.25) is 4.90 Å². The molecule has 1 aromatic carbocycles. The average Bonchev–Trinajstić information content (AvgIpc) is 3.39. The van der Waals surface area contributed by atoms with E-state index in [1.54, 1.807) is 11.3 Å². The zero-order valence-corrected chi connectivity index (χ0v) is 16.5. The van der Waals surface area contributed by atoms with Gasteiger partial charge in [-0.2, -0.15) is 11.3 Å². The van der Waals surface area contributed by atoms with E-state index in [0.717, 1.165) is 38.1 Å². The first-order valence-electron chi connectivity index (χ1n) is 9.56. The summed E-state index contributed by atoms with van der Waals surface area (Å²) < 4.78 is 0. The van der Waals surface area contributed by atoms with E-state index in [2.05, 4.69) is 63.2 Å². The third-order valence-electron chi connectivity index (χ3n) is 5.53. The number of piperazine rings is 1. The van der Waals surface area contributed by atoms with E-state index >= 15 is 0 Å². The molecule has 2 aromatic heterocycles. The number of amides is 2. The van der Waals surface area contributed by atoms with Crippen molar-refractivity contribution in [2.45, 2.75) is 19.4 Å². The molecular formula is C21H26N4OS. The molecule has 4 rings (SSSR count). The predicted octanol–water partition coefficient (Wildman–Crippen LogP) is 3.86. The Labute approximate surface area is 164 Å². The minimum atomic E-state index is 0.0547. The van der Waals surface area contributed by atoms with Gasteiger partial charge >= 0.3 is 6.03 Å². The van der Waals surface area contributed by atoms with Gasteiger partial charge in [0.15, 0.2) is 0 Å². The highest BCUT2D eigenvalue weighted by Gasteiger charge is 2.24. The summed E-state index contributed by atoms with van der Waals surface area (Å²) in [5.74, 6) is 0. The largest absolute Gasteiger partial charge is 0.361 e. The lowest BCUT2D eigenvalue weighted by atomic mass is 10.1. The number of urea groups is 1. The van der Waals surface area contributed by atoms with Crippen LogP contribution in [0.4, 0.5) is 4.79 Å². The highest BCUT2D eigenvalue weighted by molar-refractivity contribution is 7.07. The van der Waals surface area contributed by atoms with Crippen LogP contribution in [0.2, 0.25) is 0 Å². The molecule has 5 nitrogen and oxygen atoms in total. The number of hydrogen-bond donors (Lipinski definition) is 2. The number of carbonyl (C=O) groups is 1. The van der Waals surface area contributed by atoms with Gasteiger partial charge in [0.1, 0.15) is 0 Å². The second kappa shape index (κ2) is 8.15. The Morgan fingerprint density at radius 3 is 2.85 bits per heavy atom. The van der Waals surface area contributed by atoms with Crippen LogP contribution in [0.15, 0.2) is 47.3 Å². The van der Waals surface area contributed by atoms with E-state index in [1.807, 2.05) is 11.1 Å². The van der Waals surface area contributed by atoms with Crippen LogP contribution in [0.5, 0.6) is 0 Å². The molecule has 0 spiro atoms. The molecule has 27 heavy (non-hydrogen) atoms. The molecule has 3 aromatic rings. The van der Waals surface area contributed by atoms with E-state index in [4.69, 9.17) is 0 Å². The highest BCUT2D eigenvalue weighted by atomic mass is 32.1. The maximum Gasteiger partial charge on any atom is 0.317 e. The molecular weight excluding hydrogens is 356 g/mol. The summed E-state index contributed by atoms with van der Waals surface area (Å²) in [6.07, 6.45) is 2.80. The monoisotopic (exact) mass is 382 g/mol. The van der Waals surface area contributed by atoms with Crippen LogP contribution in [0, 0.1) is 0 Å². The molecule has 142 valence electrons. The minimum Gasteiger partial charge on any atom is -0.361 e. The summed E-state index contributed by atoms with van der Waals surface area (Å²) in [6.45, 7) is 6.33. The maximum absolute atomic E-state index is 12.5. The number of nitrogens with zero attached hydrogens (tertiary/aromatic N) is 2. The number of benzene rings is 1. The van der Waals surface area contributed by atoms with Crippen LogP contribution in [0.25, 0.3) is 10.9 Å². The summed E-state index contributed by atoms with van der Waals surface area (Å²) in [7, 11) is 0. The number of fused-ring (bicyclic) bond motifs is 1. The van der Waals surface area contributed by atoms with Crippen LogP contribution >= 0.6 is 11.3 Å². The number of nitrogens with one attached hydrogen (secondary N) is 2. The molecule has 1 aliphatic heterocycles. The lowest BCUT2D eigenvalue weighted by molar-refractivity contribution is 0.114. The Morgan fingerprint density at radius 1 is 1.22 bits per heavy atom. The SMILES string of the molecule is CC(c1ccsc1)N1CCN(C(=O)NCCc2cccc3[nH]ccc23)CC1. The van der Waals surface area contributed by atoms with Gasteiger partial charge in [0, 0.05) is 55.9 Å². The summed E-state index contributed by atoms with van der Waals surface area (Å²) in [6, 6.07) is 11.0. The van der Waals surface area contributed by atoms with E-state index in [1.165, 1.54) is 16.5 Å².